The molecule has 2 aromatic rings. The highest BCUT2D eigenvalue weighted by atomic mass is 35.5. The summed E-state index contributed by atoms with van der Waals surface area (Å²) in [5.74, 6) is 0.593. The number of fused-ring (bicyclic) bond motifs is 1. The lowest BCUT2D eigenvalue weighted by atomic mass is 10.2. The summed E-state index contributed by atoms with van der Waals surface area (Å²) in [6, 6.07) is 10.0. The Morgan fingerprint density at radius 1 is 1.19 bits per heavy atom. The molecule has 0 bridgehead atoms. The Morgan fingerprint density at radius 2 is 1.97 bits per heavy atom. The standard InChI is InChI=1S/C22H19ClN2O6S/c1-2-29-16-5-3-14(23)9-13(16)10-19-21(27)25(22(28)32-19)12-20(26)24-15-4-6-17-18(11-15)31-8-7-30-17/h3-6,9-11H,2,7-8,12H2,1H3,(H,24,26)/b19-10+. The van der Waals surface area contributed by atoms with E-state index in [-0.39, 0.29) is 4.91 Å². The van der Waals surface area contributed by atoms with Gasteiger partial charge < -0.3 is 19.5 Å². The van der Waals surface area contributed by atoms with E-state index in [0.717, 1.165) is 16.7 Å². The van der Waals surface area contributed by atoms with Crippen molar-refractivity contribution in [3.8, 4) is 17.2 Å². The lowest BCUT2D eigenvalue weighted by Gasteiger charge is -2.19. The molecule has 32 heavy (non-hydrogen) atoms. The van der Waals surface area contributed by atoms with Crippen molar-refractivity contribution < 1.29 is 28.6 Å². The second-order valence-corrected chi connectivity index (χ2v) is 8.22. The fourth-order valence-corrected chi connectivity index (χ4v) is 4.17. The quantitative estimate of drug-likeness (QED) is 0.627. The first-order valence-electron chi connectivity index (χ1n) is 9.82. The number of thioether (sulfide) groups is 1. The zero-order chi connectivity index (χ0) is 22.7. The van der Waals surface area contributed by atoms with E-state index >= 15 is 0 Å². The lowest BCUT2D eigenvalue weighted by molar-refractivity contribution is -0.127. The van der Waals surface area contributed by atoms with Gasteiger partial charge in [-0.1, -0.05) is 11.6 Å². The summed E-state index contributed by atoms with van der Waals surface area (Å²) >= 11 is 6.82. The van der Waals surface area contributed by atoms with Gasteiger partial charge in [-0.3, -0.25) is 19.3 Å². The zero-order valence-corrected chi connectivity index (χ0v) is 18.6. The van der Waals surface area contributed by atoms with E-state index in [0.29, 0.717) is 53.3 Å². The normalized spacial score (nSPS) is 16.4. The van der Waals surface area contributed by atoms with Crippen molar-refractivity contribution in [3.63, 3.8) is 0 Å². The van der Waals surface area contributed by atoms with Crippen LogP contribution in [0.2, 0.25) is 5.02 Å². The molecular formula is C22H19ClN2O6S. The molecule has 0 atom stereocenters. The molecule has 0 unspecified atom stereocenters. The number of nitrogens with one attached hydrogen (secondary N) is 1. The van der Waals surface area contributed by atoms with Crippen LogP contribution in [0.5, 0.6) is 17.2 Å². The Bertz CT molecular complexity index is 1120. The summed E-state index contributed by atoms with van der Waals surface area (Å²) in [7, 11) is 0. The van der Waals surface area contributed by atoms with Crippen LogP contribution in [0.1, 0.15) is 12.5 Å². The van der Waals surface area contributed by atoms with Gasteiger partial charge in [0.1, 0.15) is 25.5 Å². The van der Waals surface area contributed by atoms with Crippen molar-refractivity contribution in [2.24, 2.45) is 0 Å². The number of anilines is 1. The molecule has 166 valence electrons. The van der Waals surface area contributed by atoms with Crippen LogP contribution in [-0.2, 0) is 9.59 Å². The minimum Gasteiger partial charge on any atom is -0.493 e. The van der Waals surface area contributed by atoms with Crippen LogP contribution in [-0.4, -0.2) is 48.3 Å². The molecular weight excluding hydrogens is 456 g/mol. The predicted molar refractivity (Wildman–Crippen MR) is 121 cm³/mol. The van der Waals surface area contributed by atoms with Crippen molar-refractivity contribution >= 4 is 52.2 Å². The van der Waals surface area contributed by atoms with Crippen LogP contribution in [0.25, 0.3) is 6.08 Å². The first-order chi connectivity index (χ1) is 15.4. The highest BCUT2D eigenvalue weighted by Crippen LogP contribution is 2.35. The van der Waals surface area contributed by atoms with Gasteiger partial charge >= 0.3 is 0 Å². The molecule has 8 nitrogen and oxygen atoms in total. The van der Waals surface area contributed by atoms with Crippen LogP contribution in [0, 0.1) is 0 Å². The number of rotatable bonds is 6. The van der Waals surface area contributed by atoms with Crippen LogP contribution < -0.4 is 19.5 Å². The molecule has 2 aromatic carbocycles. The number of halogens is 1. The Morgan fingerprint density at radius 3 is 2.75 bits per heavy atom. The van der Waals surface area contributed by atoms with E-state index in [1.54, 1.807) is 42.5 Å². The largest absolute Gasteiger partial charge is 0.493 e. The summed E-state index contributed by atoms with van der Waals surface area (Å²) < 4.78 is 16.5. The molecule has 0 aromatic heterocycles. The van der Waals surface area contributed by atoms with Gasteiger partial charge in [0.25, 0.3) is 11.1 Å². The molecule has 2 aliphatic heterocycles. The van der Waals surface area contributed by atoms with Crippen LogP contribution in [0.4, 0.5) is 10.5 Å². The van der Waals surface area contributed by atoms with E-state index in [2.05, 4.69) is 5.32 Å². The maximum atomic E-state index is 12.8. The summed E-state index contributed by atoms with van der Waals surface area (Å²) in [4.78, 5) is 38.7. The number of carbonyl (C=O) groups is 3. The molecule has 4 rings (SSSR count). The minimum atomic E-state index is -0.556. The zero-order valence-electron chi connectivity index (χ0n) is 17.1. The van der Waals surface area contributed by atoms with E-state index in [4.69, 9.17) is 25.8 Å². The topological polar surface area (TPSA) is 94.2 Å². The first-order valence-corrected chi connectivity index (χ1v) is 11.0. The third kappa shape index (κ3) is 4.84. The highest BCUT2D eigenvalue weighted by Gasteiger charge is 2.36. The summed E-state index contributed by atoms with van der Waals surface area (Å²) in [5, 5.41) is 2.61. The molecule has 1 fully saturated rings. The number of hydrogen-bond acceptors (Lipinski definition) is 7. The number of hydrogen-bond donors (Lipinski definition) is 1. The summed E-state index contributed by atoms with van der Waals surface area (Å²) in [6.45, 7) is 2.75. The molecule has 1 saturated heterocycles. The fourth-order valence-electron chi connectivity index (χ4n) is 3.16. The predicted octanol–water partition coefficient (Wildman–Crippen LogP) is 4.18. The molecule has 0 aliphatic carbocycles. The number of nitrogens with zero attached hydrogens (tertiary/aromatic N) is 1. The number of benzene rings is 2. The molecule has 10 heteroatoms. The van der Waals surface area contributed by atoms with Crippen LogP contribution in [0.3, 0.4) is 0 Å². The average molecular weight is 475 g/mol. The number of amides is 3. The molecule has 0 radical (unpaired) electrons. The number of carbonyl (C=O) groups excluding carboxylic acids is 3. The average Bonchev–Trinajstić information content (AvgIpc) is 3.03. The van der Waals surface area contributed by atoms with Gasteiger partial charge in [0.2, 0.25) is 5.91 Å². The van der Waals surface area contributed by atoms with Crippen molar-refractivity contribution in [1.82, 2.24) is 4.90 Å². The van der Waals surface area contributed by atoms with Crippen molar-refractivity contribution in [2.45, 2.75) is 6.92 Å². The van der Waals surface area contributed by atoms with Crippen LogP contribution >= 0.6 is 23.4 Å². The van der Waals surface area contributed by atoms with Crippen molar-refractivity contribution in [3.05, 3.63) is 51.9 Å². The molecule has 0 spiro atoms. The van der Waals surface area contributed by atoms with E-state index in [1.165, 1.54) is 0 Å². The van der Waals surface area contributed by atoms with E-state index in [1.807, 2.05) is 6.92 Å². The van der Waals surface area contributed by atoms with Gasteiger partial charge in [0.15, 0.2) is 11.5 Å². The third-order valence-corrected chi connectivity index (χ3v) is 5.70. The smallest absolute Gasteiger partial charge is 0.294 e. The Hall–Kier alpha value is -3.17. The minimum absolute atomic E-state index is 0.186. The molecule has 2 heterocycles. The monoisotopic (exact) mass is 474 g/mol. The Labute approximate surface area is 193 Å². The van der Waals surface area contributed by atoms with Crippen molar-refractivity contribution in [2.75, 3.05) is 31.7 Å². The Kier molecular flexibility index (Phi) is 6.57. The van der Waals surface area contributed by atoms with Gasteiger partial charge in [0, 0.05) is 22.3 Å². The maximum absolute atomic E-state index is 12.8. The van der Waals surface area contributed by atoms with Gasteiger partial charge in [-0.2, -0.15) is 0 Å². The van der Waals surface area contributed by atoms with Crippen LogP contribution in [0.15, 0.2) is 41.3 Å². The fraction of sp³-hybridized carbons (Fsp3) is 0.227. The van der Waals surface area contributed by atoms with Gasteiger partial charge in [0.05, 0.1) is 11.5 Å². The van der Waals surface area contributed by atoms with Crippen molar-refractivity contribution in [1.29, 1.82) is 0 Å². The second kappa shape index (κ2) is 9.54. The van der Waals surface area contributed by atoms with Gasteiger partial charge in [-0.15, -0.1) is 0 Å². The molecule has 3 amide bonds. The van der Waals surface area contributed by atoms with E-state index < -0.39 is 23.6 Å². The molecule has 2 aliphatic rings. The first kappa shape index (κ1) is 22.0. The Balaban J connectivity index is 1.46. The molecule has 1 N–H and O–H groups in total. The third-order valence-electron chi connectivity index (χ3n) is 4.56. The summed E-state index contributed by atoms with van der Waals surface area (Å²) in [5.41, 5.74) is 1.05. The number of ether oxygens (including phenoxy) is 3. The maximum Gasteiger partial charge on any atom is 0.294 e. The van der Waals surface area contributed by atoms with Gasteiger partial charge in [-0.05, 0) is 55.1 Å². The van der Waals surface area contributed by atoms with Gasteiger partial charge in [-0.25, -0.2) is 0 Å². The molecule has 0 saturated carbocycles. The lowest BCUT2D eigenvalue weighted by Crippen LogP contribution is -2.36. The summed E-state index contributed by atoms with van der Waals surface area (Å²) in [6.07, 6.45) is 1.54. The highest BCUT2D eigenvalue weighted by molar-refractivity contribution is 8.18. The SMILES string of the molecule is CCOc1ccc(Cl)cc1/C=C1/SC(=O)N(CC(=O)Nc2ccc3c(c2)OCCO3)C1=O. The van der Waals surface area contributed by atoms with E-state index in [9.17, 15) is 14.4 Å². The second-order valence-electron chi connectivity index (χ2n) is 6.79. The number of imide groups is 1.